The van der Waals surface area contributed by atoms with E-state index < -0.39 is 0 Å². The molecule has 2 N–H and O–H groups in total. The van der Waals surface area contributed by atoms with Crippen molar-refractivity contribution in [3.8, 4) is 0 Å². The highest BCUT2D eigenvalue weighted by molar-refractivity contribution is 5.79. The number of nitrogens with one attached hydrogen (secondary N) is 1. The molecule has 6 heteroatoms. The molecule has 0 aromatic heterocycles. The van der Waals surface area contributed by atoms with E-state index in [9.17, 15) is 14.7 Å². The number of hydrogen-bond acceptors (Lipinski definition) is 3. The molecule has 2 rings (SSSR count). The maximum Gasteiger partial charge on any atom is 0.319 e. The van der Waals surface area contributed by atoms with Crippen LogP contribution in [0.5, 0.6) is 0 Å². The van der Waals surface area contributed by atoms with Gasteiger partial charge in [-0.3, -0.25) is 4.79 Å². The van der Waals surface area contributed by atoms with Crippen LogP contribution in [0.4, 0.5) is 4.79 Å². The molecule has 1 saturated carbocycles. The van der Waals surface area contributed by atoms with E-state index in [-0.39, 0.29) is 24.0 Å². The maximum atomic E-state index is 12.0. The molecule has 114 valence electrons. The fourth-order valence-electron chi connectivity index (χ4n) is 2.87. The van der Waals surface area contributed by atoms with E-state index in [1.807, 2.05) is 0 Å². The van der Waals surface area contributed by atoms with Gasteiger partial charge in [0.2, 0.25) is 5.91 Å². The van der Waals surface area contributed by atoms with Gasteiger partial charge in [-0.25, -0.2) is 4.79 Å². The molecule has 0 radical (unpaired) electrons. The number of nitrogens with zero attached hydrogens (tertiary/aromatic N) is 2. The summed E-state index contributed by atoms with van der Waals surface area (Å²) >= 11 is 0. The van der Waals surface area contributed by atoms with Crippen molar-refractivity contribution in [1.29, 1.82) is 0 Å². The zero-order valence-corrected chi connectivity index (χ0v) is 12.3. The lowest BCUT2D eigenvalue weighted by Crippen LogP contribution is -2.47. The Labute approximate surface area is 120 Å². The van der Waals surface area contributed by atoms with Crippen molar-refractivity contribution < 1.29 is 14.7 Å². The Morgan fingerprint density at radius 3 is 2.35 bits per heavy atom. The smallest absolute Gasteiger partial charge is 0.319 e. The lowest BCUT2D eigenvalue weighted by Gasteiger charge is -2.34. The number of hydrogen-bond donors (Lipinski definition) is 2. The molecule has 2 aliphatic rings. The Bertz CT molecular complexity index is 359. The summed E-state index contributed by atoms with van der Waals surface area (Å²) < 4.78 is 0. The van der Waals surface area contributed by atoms with Crippen LogP contribution in [0.1, 0.15) is 25.7 Å². The summed E-state index contributed by atoms with van der Waals surface area (Å²) in [6.45, 7) is 1.97. The van der Waals surface area contributed by atoms with Crippen LogP contribution in [-0.2, 0) is 4.79 Å². The van der Waals surface area contributed by atoms with Gasteiger partial charge in [0.25, 0.3) is 0 Å². The Balaban J connectivity index is 1.67. The van der Waals surface area contributed by atoms with Crippen molar-refractivity contribution in [3.63, 3.8) is 0 Å². The highest BCUT2D eigenvalue weighted by Gasteiger charge is 2.30. The van der Waals surface area contributed by atoms with Gasteiger partial charge >= 0.3 is 6.03 Å². The number of rotatable bonds is 3. The molecule has 20 heavy (non-hydrogen) atoms. The number of aliphatic hydroxyl groups excluding tert-OH is 1. The van der Waals surface area contributed by atoms with Crippen LogP contribution >= 0.6 is 0 Å². The number of amides is 3. The zero-order valence-electron chi connectivity index (χ0n) is 12.3. The summed E-state index contributed by atoms with van der Waals surface area (Å²) in [6, 6.07) is 0.0207. The average molecular weight is 283 g/mol. The summed E-state index contributed by atoms with van der Waals surface area (Å²) in [4.78, 5) is 27.2. The molecule has 1 heterocycles. The van der Waals surface area contributed by atoms with Crippen LogP contribution in [0.15, 0.2) is 0 Å². The fraction of sp³-hybridized carbons (Fsp3) is 0.857. The van der Waals surface area contributed by atoms with Gasteiger partial charge in [0.1, 0.15) is 0 Å². The van der Waals surface area contributed by atoms with Crippen LogP contribution < -0.4 is 5.32 Å². The van der Waals surface area contributed by atoms with Crippen molar-refractivity contribution in [1.82, 2.24) is 15.1 Å². The Hall–Kier alpha value is -1.30. The predicted molar refractivity (Wildman–Crippen MR) is 75.1 cm³/mol. The van der Waals surface area contributed by atoms with Crippen LogP contribution in [0.2, 0.25) is 0 Å². The van der Waals surface area contributed by atoms with Gasteiger partial charge in [-0.05, 0) is 31.6 Å². The molecule has 3 amide bonds. The molecule has 2 fully saturated rings. The van der Waals surface area contributed by atoms with Gasteiger partial charge < -0.3 is 20.2 Å². The minimum absolute atomic E-state index is 0.0196. The topological polar surface area (TPSA) is 72.9 Å². The lowest BCUT2D eigenvalue weighted by atomic mass is 9.82. The second kappa shape index (κ2) is 6.43. The molecule has 0 unspecified atom stereocenters. The van der Waals surface area contributed by atoms with E-state index in [4.69, 9.17) is 0 Å². The molecule has 0 spiro atoms. The van der Waals surface area contributed by atoms with E-state index >= 15 is 0 Å². The Morgan fingerprint density at radius 2 is 1.85 bits per heavy atom. The highest BCUT2D eigenvalue weighted by Crippen LogP contribution is 2.26. The highest BCUT2D eigenvalue weighted by atomic mass is 16.3. The minimum Gasteiger partial charge on any atom is -0.393 e. The molecule has 1 aliphatic carbocycles. The van der Waals surface area contributed by atoms with Crippen LogP contribution in [-0.4, -0.2) is 66.7 Å². The number of aliphatic hydroxyl groups is 1. The first kappa shape index (κ1) is 15.1. The first-order chi connectivity index (χ1) is 9.47. The largest absolute Gasteiger partial charge is 0.393 e. The van der Waals surface area contributed by atoms with E-state index in [0.29, 0.717) is 25.6 Å². The van der Waals surface area contributed by atoms with Gasteiger partial charge in [-0.2, -0.15) is 0 Å². The summed E-state index contributed by atoms with van der Waals surface area (Å²) in [7, 11) is 3.49. The van der Waals surface area contributed by atoms with Crippen molar-refractivity contribution in [2.75, 3.05) is 33.7 Å². The predicted octanol–water partition coefficient (Wildman–Crippen LogP) is 0.267. The molecule has 6 nitrogen and oxygen atoms in total. The quantitative estimate of drug-likeness (QED) is 0.781. The maximum absolute atomic E-state index is 12.0. The molecule has 0 aromatic rings. The van der Waals surface area contributed by atoms with Crippen molar-refractivity contribution in [2.24, 2.45) is 11.8 Å². The van der Waals surface area contributed by atoms with Crippen LogP contribution in [0.25, 0.3) is 0 Å². The lowest BCUT2D eigenvalue weighted by molar-refractivity contribution is -0.126. The Morgan fingerprint density at radius 1 is 1.25 bits per heavy atom. The zero-order chi connectivity index (χ0) is 14.7. The minimum atomic E-state index is -0.169. The van der Waals surface area contributed by atoms with Gasteiger partial charge in [-0.1, -0.05) is 0 Å². The third-order valence-electron chi connectivity index (χ3n) is 4.29. The summed E-state index contributed by atoms with van der Waals surface area (Å²) in [5, 5.41) is 12.2. The van der Waals surface area contributed by atoms with Gasteiger partial charge in [0.05, 0.1) is 6.10 Å². The summed E-state index contributed by atoms with van der Waals surface area (Å²) in [6.07, 6.45) is 2.90. The molecule has 1 saturated heterocycles. The van der Waals surface area contributed by atoms with E-state index in [2.05, 4.69) is 5.32 Å². The van der Waals surface area contributed by atoms with E-state index in [0.717, 1.165) is 25.7 Å². The van der Waals surface area contributed by atoms with Crippen molar-refractivity contribution in [2.45, 2.75) is 31.8 Å². The normalized spacial score (nSPS) is 26.9. The Kier molecular flexibility index (Phi) is 4.86. The SMILES string of the molecule is CN(C)C(=O)N1CCC(C(=O)NCC2CC(O)C2)CC1. The molecule has 0 bridgehead atoms. The summed E-state index contributed by atoms with van der Waals surface area (Å²) in [5.41, 5.74) is 0. The fourth-order valence-corrected chi connectivity index (χ4v) is 2.87. The van der Waals surface area contributed by atoms with Crippen molar-refractivity contribution >= 4 is 11.9 Å². The number of piperidine rings is 1. The molecular weight excluding hydrogens is 258 g/mol. The molecule has 0 aromatic carbocycles. The van der Waals surface area contributed by atoms with Gasteiger partial charge in [-0.15, -0.1) is 0 Å². The number of carbonyl (C=O) groups is 2. The van der Waals surface area contributed by atoms with E-state index in [1.54, 1.807) is 23.9 Å². The first-order valence-electron chi connectivity index (χ1n) is 7.39. The second-order valence-electron chi connectivity index (χ2n) is 6.17. The molecule has 1 aliphatic heterocycles. The standard InChI is InChI=1S/C14H25N3O3/c1-16(2)14(20)17-5-3-11(4-6-17)13(19)15-9-10-7-12(18)8-10/h10-12,18H,3-9H2,1-2H3,(H,15,19). The number of carbonyl (C=O) groups excluding carboxylic acids is 2. The number of likely N-dealkylation sites (tertiary alicyclic amines) is 1. The first-order valence-corrected chi connectivity index (χ1v) is 7.39. The van der Waals surface area contributed by atoms with Crippen molar-refractivity contribution in [3.05, 3.63) is 0 Å². The van der Waals surface area contributed by atoms with Gasteiger partial charge in [0.15, 0.2) is 0 Å². The average Bonchev–Trinajstić information content (AvgIpc) is 2.41. The molecular formula is C14H25N3O3. The second-order valence-corrected chi connectivity index (χ2v) is 6.17. The van der Waals surface area contributed by atoms with Gasteiger partial charge in [0, 0.05) is 39.6 Å². The van der Waals surface area contributed by atoms with E-state index in [1.165, 1.54) is 0 Å². The summed E-state index contributed by atoms with van der Waals surface area (Å²) in [5.74, 6) is 0.555. The third kappa shape index (κ3) is 3.62. The van der Waals surface area contributed by atoms with Crippen LogP contribution in [0, 0.1) is 11.8 Å². The van der Waals surface area contributed by atoms with Crippen LogP contribution in [0.3, 0.4) is 0 Å². The molecule has 0 atom stereocenters. The third-order valence-corrected chi connectivity index (χ3v) is 4.29. The monoisotopic (exact) mass is 283 g/mol. The number of urea groups is 1.